The molecule has 0 radical (unpaired) electrons. The maximum absolute atomic E-state index is 3.67. The first kappa shape index (κ1) is 17.3. The summed E-state index contributed by atoms with van der Waals surface area (Å²) >= 11 is 0. The Kier molecular flexibility index (Phi) is 7.53. The van der Waals surface area contributed by atoms with E-state index in [-0.39, 0.29) is 0 Å². The van der Waals surface area contributed by atoms with Crippen LogP contribution in [0, 0.1) is 11.8 Å². The molecule has 2 fully saturated rings. The van der Waals surface area contributed by atoms with Crippen LogP contribution in [0.2, 0.25) is 0 Å². The predicted octanol–water partition coefficient (Wildman–Crippen LogP) is 4.45. The molecule has 1 aliphatic heterocycles. The summed E-state index contributed by atoms with van der Waals surface area (Å²) < 4.78 is 0. The van der Waals surface area contributed by atoms with Gasteiger partial charge in [-0.25, -0.2) is 0 Å². The molecule has 1 saturated heterocycles. The van der Waals surface area contributed by atoms with Gasteiger partial charge in [0.05, 0.1) is 0 Å². The number of hydrogen-bond donors (Lipinski definition) is 1. The van der Waals surface area contributed by atoms with Gasteiger partial charge in [0.2, 0.25) is 0 Å². The minimum Gasteiger partial charge on any atom is -0.315 e. The highest BCUT2D eigenvalue weighted by Gasteiger charge is 2.34. The van der Waals surface area contributed by atoms with Crippen molar-refractivity contribution in [2.75, 3.05) is 20.1 Å². The van der Waals surface area contributed by atoms with Crippen LogP contribution in [0.15, 0.2) is 0 Å². The van der Waals surface area contributed by atoms with Gasteiger partial charge in [0.15, 0.2) is 0 Å². The molecule has 4 atom stereocenters. The first-order valence-corrected chi connectivity index (χ1v) is 9.63. The van der Waals surface area contributed by atoms with Gasteiger partial charge in [0.1, 0.15) is 0 Å². The van der Waals surface area contributed by atoms with Gasteiger partial charge < -0.3 is 5.32 Å². The fraction of sp³-hybridized carbons (Fsp3) is 1.00. The molecule has 0 aromatic rings. The van der Waals surface area contributed by atoms with Crippen LogP contribution in [-0.2, 0) is 0 Å². The molecule has 4 unspecified atom stereocenters. The third-order valence-electron chi connectivity index (χ3n) is 6.09. The van der Waals surface area contributed by atoms with Crippen molar-refractivity contribution >= 4 is 0 Å². The average molecular weight is 295 g/mol. The Hall–Kier alpha value is -0.0800. The standard InChI is InChI=1S/C19H38N2/c1-16-14-21(15-17(16)2)19-13-11-9-7-5-4-6-8-10-12-18(19)20-3/h16-20H,4-15H2,1-3H3. The van der Waals surface area contributed by atoms with Crippen molar-refractivity contribution in [2.45, 2.75) is 90.1 Å². The van der Waals surface area contributed by atoms with Crippen molar-refractivity contribution in [2.24, 2.45) is 11.8 Å². The van der Waals surface area contributed by atoms with E-state index >= 15 is 0 Å². The lowest BCUT2D eigenvalue weighted by Crippen LogP contribution is -2.48. The molecule has 1 saturated carbocycles. The fourth-order valence-corrected chi connectivity index (χ4v) is 4.39. The Morgan fingerprint density at radius 2 is 1.19 bits per heavy atom. The Balaban J connectivity index is 1.96. The largest absolute Gasteiger partial charge is 0.315 e. The zero-order chi connectivity index (χ0) is 15.1. The van der Waals surface area contributed by atoms with Gasteiger partial charge in [0, 0.05) is 25.2 Å². The minimum atomic E-state index is 0.710. The van der Waals surface area contributed by atoms with Crippen molar-refractivity contribution in [3.05, 3.63) is 0 Å². The summed E-state index contributed by atoms with van der Waals surface area (Å²) in [5, 5.41) is 3.67. The normalized spacial score (nSPS) is 37.9. The van der Waals surface area contributed by atoms with Crippen LogP contribution in [0.25, 0.3) is 0 Å². The van der Waals surface area contributed by atoms with E-state index in [1.54, 1.807) is 0 Å². The van der Waals surface area contributed by atoms with E-state index < -0.39 is 0 Å². The molecule has 0 amide bonds. The molecule has 0 spiro atoms. The third kappa shape index (κ3) is 5.25. The van der Waals surface area contributed by atoms with Crippen molar-refractivity contribution in [3.63, 3.8) is 0 Å². The Morgan fingerprint density at radius 3 is 1.71 bits per heavy atom. The molecule has 0 bridgehead atoms. The first-order valence-electron chi connectivity index (χ1n) is 9.63. The summed E-state index contributed by atoms with van der Waals surface area (Å²) in [6, 6.07) is 1.49. The van der Waals surface area contributed by atoms with E-state index in [0.717, 1.165) is 17.9 Å². The first-order chi connectivity index (χ1) is 10.2. The molecule has 2 heteroatoms. The van der Waals surface area contributed by atoms with Gasteiger partial charge in [-0.3, -0.25) is 4.90 Å². The number of nitrogens with one attached hydrogen (secondary N) is 1. The van der Waals surface area contributed by atoms with E-state index in [1.165, 1.54) is 77.3 Å². The van der Waals surface area contributed by atoms with Gasteiger partial charge in [-0.05, 0) is 31.7 Å². The predicted molar refractivity (Wildman–Crippen MR) is 92.7 cm³/mol. The minimum absolute atomic E-state index is 0.710. The molecule has 1 N–H and O–H groups in total. The summed E-state index contributed by atoms with van der Waals surface area (Å²) in [5.41, 5.74) is 0. The molecule has 124 valence electrons. The van der Waals surface area contributed by atoms with Crippen LogP contribution >= 0.6 is 0 Å². The van der Waals surface area contributed by atoms with Gasteiger partial charge in [0.25, 0.3) is 0 Å². The molecule has 0 aromatic carbocycles. The lowest BCUT2D eigenvalue weighted by molar-refractivity contribution is 0.165. The molecule has 2 rings (SSSR count). The van der Waals surface area contributed by atoms with Gasteiger partial charge in [-0.2, -0.15) is 0 Å². The van der Waals surface area contributed by atoms with Crippen molar-refractivity contribution in [1.82, 2.24) is 10.2 Å². The summed E-state index contributed by atoms with van der Waals surface area (Å²) in [6.45, 7) is 7.52. The third-order valence-corrected chi connectivity index (χ3v) is 6.09. The van der Waals surface area contributed by atoms with Crippen LogP contribution in [0.5, 0.6) is 0 Å². The summed E-state index contributed by atoms with van der Waals surface area (Å²) in [7, 11) is 2.19. The molecular weight excluding hydrogens is 256 g/mol. The van der Waals surface area contributed by atoms with Gasteiger partial charge in [-0.15, -0.1) is 0 Å². The van der Waals surface area contributed by atoms with Gasteiger partial charge >= 0.3 is 0 Å². The van der Waals surface area contributed by atoms with E-state index in [4.69, 9.17) is 0 Å². The Bertz CT molecular complexity index is 269. The van der Waals surface area contributed by atoms with Crippen molar-refractivity contribution in [1.29, 1.82) is 0 Å². The maximum Gasteiger partial charge on any atom is 0.0249 e. The molecule has 0 aromatic heterocycles. The second-order valence-electron chi connectivity index (χ2n) is 7.78. The molecule has 2 nitrogen and oxygen atoms in total. The van der Waals surface area contributed by atoms with Crippen LogP contribution in [0.4, 0.5) is 0 Å². The molecule has 1 heterocycles. The summed E-state index contributed by atoms with van der Waals surface area (Å²) in [5.74, 6) is 1.76. The van der Waals surface area contributed by atoms with E-state index in [2.05, 4.69) is 31.1 Å². The maximum atomic E-state index is 3.67. The van der Waals surface area contributed by atoms with Crippen LogP contribution in [-0.4, -0.2) is 37.1 Å². The van der Waals surface area contributed by atoms with Crippen molar-refractivity contribution in [3.8, 4) is 0 Å². The van der Waals surface area contributed by atoms with Crippen LogP contribution in [0.1, 0.15) is 78.1 Å². The number of hydrogen-bond acceptors (Lipinski definition) is 2. The molecular formula is C19H38N2. The van der Waals surface area contributed by atoms with Crippen molar-refractivity contribution < 1.29 is 0 Å². The van der Waals surface area contributed by atoms with E-state index in [1.807, 2.05) is 0 Å². The lowest BCUT2D eigenvalue weighted by Gasteiger charge is -2.35. The second kappa shape index (κ2) is 9.15. The van der Waals surface area contributed by atoms with Gasteiger partial charge in [-0.1, -0.05) is 65.2 Å². The Morgan fingerprint density at radius 1 is 0.714 bits per heavy atom. The number of nitrogens with zero attached hydrogens (tertiary/aromatic N) is 1. The zero-order valence-corrected chi connectivity index (χ0v) is 14.7. The van der Waals surface area contributed by atoms with E-state index in [9.17, 15) is 0 Å². The lowest BCUT2D eigenvalue weighted by atomic mass is 9.93. The van der Waals surface area contributed by atoms with E-state index in [0.29, 0.717) is 6.04 Å². The number of rotatable bonds is 2. The highest BCUT2D eigenvalue weighted by atomic mass is 15.2. The summed E-state index contributed by atoms with van der Waals surface area (Å²) in [6.07, 6.45) is 14.4. The highest BCUT2D eigenvalue weighted by molar-refractivity contribution is 4.90. The molecule has 1 aliphatic carbocycles. The average Bonchev–Trinajstić information content (AvgIpc) is 2.79. The number of likely N-dealkylation sites (N-methyl/N-ethyl adjacent to an activating group) is 1. The number of likely N-dealkylation sites (tertiary alicyclic amines) is 1. The highest BCUT2D eigenvalue weighted by Crippen LogP contribution is 2.29. The summed E-state index contributed by atoms with van der Waals surface area (Å²) in [4.78, 5) is 2.82. The topological polar surface area (TPSA) is 15.3 Å². The second-order valence-corrected chi connectivity index (χ2v) is 7.78. The quantitative estimate of drug-likeness (QED) is 0.809. The van der Waals surface area contributed by atoms with Crippen LogP contribution in [0.3, 0.4) is 0 Å². The monoisotopic (exact) mass is 294 g/mol. The molecule has 21 heavy (non-hydrogen) atoms. The van der Waals surface area contributed by atoms with Crippen LogP contribution < -0.4 is 5.32 Å². The fourth-order valence-electron chi connectivity index (χ4n) is 4.39. The zero-order valence-electron chi connectivity index (χ0n) is 14.7. The Labute approximate surface area is 133 Å². The SMILES string of the molecule is CNC1CCCCCCCCCCC1N1CC(C)C(C)C1. The smallest absolute Gasteiger partial charge is 0.0249 e. The molecule has 2 aliphatic rings.